The van der Waals surface area contributed by atoms with Crippen LogP contribution in [0, 0.1) is 0 Å². The number of aromatic nitrogens is 1. The molecule has 1 fully saturated rings. The summed E-state index contributed by atoms with van der Waals surface area (Å²) < 4.78 is 0. The Bertz CT molecular complexity index is 364. The van der Waals surface area contributed by atoms with Gasteiger partial charge in [0.1, 0.15) is 5.15 Å². The number of hydrogen-bond acceptors (Lipinski definition) is 3. The maximum atomic E-state index is 5.95. The van der Waals surface area contributed by atoms with Crippen LogP contribution in [0.15, 0.2) is 18.3 Å². The van der Waals surface area contributed by atoms with Gasteiger partial charge in [0, 0.05) is 25.3 Å². The van der Waals surface area contributed by atoms with Crippen LogP contribution in [0.2, 0.25) is 5.15 Å². The summed E-state index contributed by atoms with van der Waals surface area (Å²) in [5, 5.41) is 4.08. The van der Waals surface area contributed by atoms with Crippen molar-refractivity contribution in [1.29, 1.82) is 0 Å². The first kappa shape index (κ1) is 13.8. The van der Waals surface area contributed by atoms with E-state index in [0.29, 0.717) is 11.2 Å². The first-order valence-electron chi connectivity index (χ1n) is 6.85. The molecule has 2 heterocycles. The van der Waals surface area contributed by atoms with E-state index in [1.807, 2.05) is 6.07 Å². The summed E-state index contributed by atoms with van der Waals surface area (Å²) in [6, 6.07) is 4.69. The largest absolute Gasteiger partial charge is 0.315 e. The molecule has 2 rings (SSSR count). The molecule has 1 unspecified atom stereocenters. The summed E-state index contributed by atoms with van der Waals surface area (Å²) in [5.74, 6) is 0. The molecule has 1 aliphatic heterocycles. The molecule has 3 nitrogen and oxygen atoms in total. The van der Waals surface area contributed by atoms with E-state index in [4.69, 9.17) is 11.6 Å². The Kier molecular flexibility index (Phi) is 5.42. The van der Waals surface area contributed by atoms with Gasteiger partial charge in [-0.25, -0.2) is 4.98 Å². The van der Waals surface area contributed by atoms with Crippen molar-refractivity contribution in [1.82, 2.24) is 15.2 Å². The molecule has 0 aliphatic carbocycles. The third kappa shape index (κ3) is 3.94. The molecule has 0 spiro atoms. The third-order valence-electron chi connectivity index (χ3n) is 3.47. The zero-order valence-electron chi connectivity index (χ0n) is 11.0. The molecule has 18 heavy (non-hydrogen) atoms. The molecule has 1 atom stereocenters. The number of piperidine rings is 1. The summed E-state index contributed by atoms with van der Waals surface area (Å²) in [7, 11) is 0. The van der Waals surface area contributed by atoms with Crippen LogP contribution in [0.4, 0.5) is 0 Å². The Hall–Kier alpha value is -0.640. The molecule has 0 amide bonds. The van der Waals surface area contributed by atoms with E-state index in [2.05, 4.69) is 28.2 Å². The molecule has 100 valence electrons. The molecule has 1 aromatic heterocycles. The fourth-order valence-electron chi connectivity index (χ4n) is 2.60. The maximum absolute atomic E-state index is 5.95. The molecular weight excluding hydrogens is 246 g/mol. The van der Waals surface area contributed by atoms with E-state index in [1.165, 1.54) is 24.8 Å². The van der Waals surface area contributed by atoms with Crippen molar-refractivity contribution in [3.05, 3.63) is 29.0 Å². The molecule has 1 aromatic rings. The van der Waals surface area contributed by atoms with Gasteiger partial charge in [-0.1, -0.05) is 18.5 Å². The summed E-state index contributed by atoms with van der Waals surface area (Å²) in [4.78, 5) is 6.61. The first-order valence-corrected chi connectivity index (χ1v) is 7.22. The second-order valence-electron chi connectivity index (χ2n) is 4.96. The number of nitrogens with zero attached hydrogens (tertiary/aromatic N) is 2. The Morgan fingerprint density at radius 2 is 2.44 bits per heavy atom. The number of rotatable bonds is 5. The van der Waals surface area contributed by atoms with Crippen molar-refractivity contribution in [2.24, 2.45) is 0 Å². The summed E-state index contributed by atoms with van der Waals surface area (Å²) >= 11 is 5.95. The molecule has 0 bridgehead atoms. The average Bonchev–Trinajstić information content (AvgIpc) is 2.39. The standard InChI is InChI=1S/C14H22ClN3/c1-2-8-18(13-4-3-6-16-10-13)11-12-5-7-17-14(15)9-12/h5,7,9,13,16H,2-4,6,8,10-11H2,1H3. The van der Waals surface area contributed by atoms with Gasteiger partial charge in [0.05, 0.1) is 0 Å². The first-order chi connectivity index (χ1) is 8.79. The van der Waals surface area contributed by atoms with Gasteiger partial charge in [-0.15, -0.1) is 0 Å². The molecule has 4 heteroatoms. The Balaban J connectivity index is 2.00. The predicted octanol–water partition coefficient (Wildman–Crippen LogP) is 2.70. The lowest BCUT2D eigenvalue weighted by Gasteiger charge is -2.34. The van der Waals surface area contributed by atoms with Crippen molar-refractivity contribution in [3.63, 3.8) is 0 Å². The highest BCUT2D eigenvalue weighted by molar-refractivity contribution is 6.29. The van der Waals surface area contributed by atoms with Crippen molar-refractivity contribution in [3.8, 4) is 0 Å². The molecular formula is C14H22ClN3. The van der Waals surface area contributed by atoms with Crippen LogP contribution in [-0.2, 0) is 6.54 Å². The highest BCUT2D eigenvalue weighted by atomic mass is 35.5. The zero-order valence-corrected chi connectivity index (χ0v) is 11.8. The number of hydrogen-bond donors (Lipinski definition) is 1. The van der Waals surface area contributed by atoms with Gasteiger partial charge in [0.25, 0.3) is 0 Å². The quantitative estimate of drug-likeness (QED) is 0.832. The zero-order chi connectivity index (χ0) is 12.8. The summed E-state index contributed by atoms with van der Waals surface area (Å²) in [6.45, 7) is 6.63. The number of halogens is 1. The van der Waals surface area contributed by atoms with Crippen molar-refractivity contribution in [2.75, 3.05) is 19.6 Å². The van der Waals surface area contributed by atoms with Gasteiger partial charge >= 0.3 is 0 Å². The molecule has 0 saturated carbocycles. The fraction of sp³-hybridized carbons (Fsp3) is 0.643. The SMILES string of the molecule is CCCN(Cc1ccnc(Cl)c1)C1CCCNC1. The van der Waals surface area contributed by atoms with Crippen molar-refractivity contribution < 1.29 is 0 Å². The normalized spacial score (nSPS) is 20.3. The van der Waals surface area contributed by atoms with Crippen LogP contribution >= 0.6 is 11.6 Å². The molecule has 1 aliphatic rings. The summed E-state index contributed by atoms with van der Waals surface area (Å²) in [6.07, 6.45) is 5.56. The lowest BCUT2D eigenvalue weighted by molar-refractivity contribution is 0.158. The smallest absolute Gasteiger partial charge is 0.129 e. The maximum Gasteiger partial charge on any atom is 0.129 e. The fourth-order valence-corrected chi connectivity index (χ4v) is 2.79. The minimum absolute atomic E-state index is 0.589. The Morgan fingerprint density at radius 3 is 3.11 bits per heavy atom. The topological polar surface area (TPSA) is 28.2 Å². The van der Waals surface area contributed by atoms with Crippen LogP contribution in [0.3, 0.4) is 0 Å². The van der Waals surface area contributed by atoms with E-state index in [0.717, 1.165) is 26.2 Å². The van der Waals surface area contributed by atoms with E-state index in [1.54, 1.807) is 6.20 Å². The summed E-state index contributed by atoms with van der Waals surface area (Å²) in [5.41, 5.74) is 1.26. The monoisotopic (exact) mass is 267 g/mol. The van der Waals surface area contributed by atoms with E-state index in [9.17, 15) is 0 Å². The van der Waals surface area contributed by atoms with Crippen LogP contribution in [0.1, 0.15) is 31.7 Å². The molecule has 1 N–H and O–H groups in total. The average molecular weight is 268 g/mol. The minimum Gasteiger partial charge on any atom is -0.315 e. The Morgan fingerprint density at radius 1 is 1.56 bits per heavy atom. The molecule has 0 radical (unpaired) electrons. The lowest BCUT2D eigenvalue weighted by atomic mass is 10.0. The second kappa shape index (κ2) is 7.07. The lowest BCUT2D eigenvalue weighted by Crippen LogP contribution is -2.45. The number of pyridine rings is 1. The second-order valence-corrected chi connectivity index (χ2v) is 5.34. The van der Waals surface area contributed by atoms with Gasteiger partial charge < -0.3 is 5.32 Å². The molecule has 1 saturated heterocycles. The minimum atomic E-state index is 0.589. The highest BCUT2D eigenvalue weighted by Gasteiger charge is 2.20. The van der Waals surface area contributed by atoms with Crippen LogP contribution < -0.4 is 5.32 Å². The van der Waals surface area contributed by atoms with Gasteiger partial charge in [-0.2, -0.15) is 0 Å². The van der Waals surface area contributed by atoms with E-state index >= 15 is 0 Å². The third-order valence-corrected chi connectivity index (χ3v) is 3.68. The molecule has 0 aromatic carbocycles. The predicted molar refractivity (Wildman–Crippen MR) is 75.8 cm³/mol. The van der Waals surface area contributed by atoms with Crippen LogP contribution in [0.5, 0.6) is 0 Å². The van der Waals surface area contributed by atoms with E-state index in [-0.39, 0.29) is 0 Å². The van der Waals surface area contributed by atoms with E-state index < -0.39 is 0 Å². The van der Waals surface area contributed by atoms with Gasteiger partial charge in [-0.05, 0) is 50.0 Å². The van der Waals surface area contributed by atoms with Gasteiger partial charge in [0.2, 0.25) is 0 Å². The van der Waals surface area contributed by atoms with Crippen LogP contribution in [-0.4, -0.2) is 35.6 Å². The highest BCUT2D eigenvalue weighted by Crippen LogP contribution is 2.16. The van der Waals surface area contributed by atoms with Crippen molar-refractivity contribution in [2.45, 2.75) is 38.8 Å². The van der Waals surface area contributed by atoms with Gasteiger partial charge in [-0.3, -0.25) is 4.90 Å². The number of nitrogens with one attached hydrogen (secondary N) is 1. The Labute approximate surface area is 115 Å². The van der Waals surface area contributed by atoms with Gasteiger partial charge in [0.15, 0.2) is 0 Å². The van der Waals surface area contributed by atoms with Crippen molar-refractivity contribution >= 4 is 11.6 Å². The van der Waals surface area contributed by atoms with Crippen LogP contribution in [0.25, 0.3) is 0 Å².